The molecule has 92 valence electrons. The van der Waals surface area contributed by atoms with Gasteiger partial charge in [0.2, 0.25) is 0 Å². The first-order chi connectivity index (χ1) is 8.83. The first kappa shape index (κ1) is 10.3. The van der Waals surface area contributed by atoms with Crippen LogP contribution < -0.4 is 0 Å². The van der Waals surface area contributed by atoms with Crippen LogP contribution in [0.25, 0.3) is 10.9 Å². The average Bonchev–Trinajstić information content (AvgIpc) is 2.77. The molecule has 1 atom stereocenters. The summed E-state index contributed by atoms with van der Waals surface area (Å²) >= 11 is 0. The van der Waals surface area contributed by atoms with Gasteiger partial charge in [-0.25, -0.2) is 0 Å². The number of nitrogens with zero attached hydrogens (tertiary/aromatic N) is 1. The SMILES string of the molecule is O=C1CC[C@@H]2c3[nH]c4ccccc4c3CCN2C1. The van der Waals surface area contributed by atoms with Crippen molar-refractivity contribution in [2.24, 2.45) is 0 Å². The minimum absolute atomic E-state index is 0.394. The molecule has 3 heteroatoms. The van der Waals surface area contributed by atoms with E-state index in [0.717, 1.165) is 25.8 Å². The topological polar surface area (TPSA) is 36.1 Å². The van der Waals surface area contributed by atoms with E-state index in [1.165, 1.54) is 22.2 Å². The highest BCUT2D eigenvalue weighted by atomic mass is 16.1. The number of para-hydroxylation sites is 1. The highest BCUT2D eigenvalue weighted by Gasteiger charge is 2.34. The van der Waals surface area contributed by atoms with E-state index in [0.29, 0.717) is 18.4 Å². The Morgan fingerprint density at radius 1 is 1.22 bits per heavy atom. The number of hydrogen-bond donors (Lipinski definition) is 1. The van der Waals surface area contributed by atoms with Gasteiger partial charge in [0.25, 0.3) is 0 Å². The number of aromatic amines is 1. The minimum atomic E-state index is 0.394. The normalized spacial score (nSPS) is 24.0. The van der Waals surface area contributed by atoms with Crippen molar-refractivity contribution in [2.75, 3.05) is 13.1 Å². The van der Waals surface area contributed by atoms with Crippen LogP contribution in [-0.2, 0) is 11.2 Å². The summed E-state index contributed by atoms with van der Waals surface area (Å²) in [6, 6.07) is 8.96. The maximum absolute atomic E-state index is 11.6. The van der Waals surface area contributed by atoms with E-state index < -0.39 is 0 Å². The molecule has 18 heavy (non-hydrogen) atoms. The smallest absolute Gasteiger partial charge is 0.146 e. The van der Waals surface area contributed by atoms with Crippen LogP contribution in [0.15, 0.2) is 24.3 Å². The molecule has 4 rings (SSSR count). The van der Waals surface area contributed by atoms with E-state index in [4.69, 9.17) is 0 Å². The molecule has 0 aliphatic carbocycles. The number of hydrogen-bond acceptors (Lipinski definition) is 2. The molecule has 1 saturated heterocycles. The number of Topliss-reactive ketones (excluding diaryl/α,β-unsaturated/α-hetero) is 1. The van der Waals surface area contributed by atoms with Gasteiger partial charge in [-0.15, -0.1) is 0 Å². The molecule has 0 amide bonds. The molecule has 3 nitrogen and oxygen atoms in total. The zero-order chi connectivity index (χ0) is 12.1. The predicted octanol–water partition coefficient (Wildman–Crippen LogP) is 2.43. The van der Waals surface area contributed by atoms with Gasteiger partial charge in [0.1, 0.15) is 5.78 Å². The number of rotatable bonds is 0. The quantitative estimate of drug-likeness (QED) is 0.767. The molecule has 3 heterocycles. The van der Waals surface area contributed by atoms with Crippen molar-refractivity contribution < 1.29 is 4.79 Å². The number of carbonyl (C=O) groups excluding carboxylic acids is 1. The second-order valence-corrected chi connectivity index (χ2v) is 5.38. The minimum Gasteiger partial charge on any atom is -0.357 e. The van der Waals surface area contributed by atoms with Gasteiger partial charge in [-0.1, -0.05) is 18.2 Å². The molecule has 1 fully saturated rings. The fourth-order valence-electron chi connectivity index (χ4n) is 3.49. The molecule has 0 radical (unpaired) electrons. The number of ketones is 1. The maximum atomic E-state index is 11.6. The lowest BCUT2D eigenvalue weighted by atomic mass is 9.90. The Balaban J connectivity index is 1.85. The number of fused-ring (bicyclic) bond motifs is 5. The molecule has 1 N–H and O–H groups in total. The Hall–Kier alpha value is -1.61. The van der Waals surface area contributed by atoms with Crippen molar-refractivity contribution in [3.63, 3.8) is 0 Å². The van der Waals surface area contributed by atoms with Crippen molar-refractivity contribution in [3.05, 3.63) is 35.5 Å². The Morgan fingerprint density at radius 2 is 2.11 bits per heavy atom. The first-order valence-electron chi connectivity index (χ1n) is 6.68. The number of carbonyl (C=O) groups is 1. The second kappa shape index (κ2) is 3.69. The summed E-state index contributed by atoms with van der Waals surface area (Å²) in [6.45, 7) is 1.66. The summed E-state index contributed by atoms with van der Waals surface area (Å²) in [6.07, 6.45) is 2.76. The van der Waals surface area contributed by atoms with Gasteiger partial charge in [0.15, 0.2) is 0 Å². The molecule has 0 unspecified atom stereocenters. The van der Waals surface area contributed by atoms with Crippen molar-refractivity contribution in [1.82, 2.24) is 9.88 Å². The van der Waals surface area contributed by atoms with Gasteiger partial charge in [-0.2, -0.15) is 0 Å². The van der Waals surface area contributed by atoms with Crippen molar-refractivity contribution in [2.45, 2.75) is 25.3 Å². The Morgan fingerprint density at radius 3 is 3.06 bits per heavy atom. The van der Waals surface area contributed by atoms with E-state index in [2.05, 4.69) is 34.1 Å². The van der Waals surface area contributed by atoms with Gasteiger partial charge in [-0.3, -0.25) is 9.69 Å². The summed E-state index contributed by atoms with van der Waals surface area (Å²) in [5.74, 6) is 0.394. The van der Waals surface area contributed by atoms with E-state index in [9.17, 15) is 4.79 Å². The van der Waals surface area contributed by atoms with E-state index in [-0.39, 0.29) is 0 Å². The highest BCUT2D eigenvalue weighted by Crippen LogP contribution is 2.38. The molecule has 0 bridgehead atoms. The zero-order valence-electron chi connectivity index (χ0n) is 10.3. The number of piperidine rings is 1. The summed E-state index contributed by atoms with van der Waals surface area (Å²) in [5, 5.41) is 1.36. The third-order valence-electron chi connectivity index (χ3n) is 4.35. The third-order valence-corrected chi connectivity index (χ3v) is 4.35. The number of benzene rings is 1. The molecular formula is C15H16N2O. The van der Waals surface area contributed by atoms with Gasteiger partial charge in [-0.05, 0) is 24.5 Å². The van der Waals surface area contributed by atoms with E-state index in [1.54, 1.807) is 0 Å². The summed E-state index contributed by atoms with van der Waals surface area (Å²) in [4.78, 5) is 17.5. The Labute approximate surface area is 106 Å². The first-order valence-corrected chi connectivity index (χ1v) is 6.68. The van der Waals surface area contributed by atoms with Crippen LogP contribution in [0.1, 0.15) is 30.1 Å². The van der Waals surface area contributed by atoms with Crippen molar-refractivity contribution >= 4 is 16.7 Å². The van der Waals surface area contributed by atoms with Gasteiger partial charge < -0.3 is 4.98 Å². The second-order valence-electron chi connectivity index (χ2n) is 5.38. The fourth-order valence-corrected chi connectivity index (χ4v) is 3.49. The molecule has 2 aliphatic rings. The lowest BCUT2D eigenvalue weighted by molar-refractivity contribution is -0.123. The van der Waals surface area contributed by atoms with Gasteiger partial charge in [0, 0.05) is 29.6 Å². The number of H-pyrrole nitrogens is 1. The van der Waals surface area contributed by atoms with E-state index in [1.807, 2.05) is 0 Å². The average molecular weight is 240 g/mol. The summed E-state index contributed by atoms with van der Waals surface area (Å²) < 4.78 is 0. The molecule has 2 aliphatic heterocycles. The zero-order valence-corrected chi connectivity index (χ0v) is 10.3. The van der Waals surface area contributed by atoms with Gasteiger partial charge >= 0.3 is 0 Å². The van der Waals surface area contributed by atoms with Crippen LogP contribution in [0.3, 0.4) is 0 Å². The monoisotopic (exact) mass is 240 g/mol. The van der Waals surface area contributed by atoms with Crippen LogP contribution in [0.5, 0.6) is 0 Å². The fraction of sp³-hybridized carbons (Fsp3) is 0.400. The van der Waals surface area contributed by atoms with Crippen LogP contribution in [0.2, 0.25) is 0 Å². The number of aromatic nitrogens is 1. The molecule has 2 aromatic rings. The Bertz CT molecular complexity index is 628. The van der Waals surface area contributed by atoms with Crippen LogP contribution in [0.4, 0.5) is 0 Å². The third kappa shape index (κ3) is 1.37. The van der Waals surface area contributed by atoms with Crippen molar-refractivity contribution in [1.29, 1.82) is 0 Å². The van der Waals surface area contributed by atoms with Crippen LogP contribution in [-0.4, -0.2) is 28.8 Å². The summed E-state index contributed by atoms with van der Waals surface area (Å²) in [7, 11) is 0. The van der Waals surface area contributed by atoms with Crippen molar-refractivity contribution in [3.8, 4) is 0 Å². The predicted molar refractivity (Wildman–Crippen MR) is 70.6 cm³/mol. The van der Waals surface area contributed by atoms with Gasteiger partial charge in [0.05, 0.1) is 12.6 Å². The molecule has 0 saturated carbocycles. The molecule has 0 spiro atoms. The van der Waals surface area contributed by atoms with Crippen LogP contribution in [0, 0.1) is 0 Å². The maximum Gasteiger partial charge on any atom is 0.146 e. The Kier molecular flexibility index (Phi) is 2.12. The van der Waals surface area contributed by atoms with Crippen LogP contribution >= 0.6 is 0 Å². The van der Waals surface area contributed by atoms with E-state index >= 15 is 0 Å². The lowest BCUT2D eigenvalue weighted by Crippen LogP contribution is -2.42. The molecular weight excluding hydrogens is 224 g/mol. The molecule has 1 aromatic carbocycles. The molecule has 1 aromatic heterocycles. The standard InChI is InChI=1S/C15H16N2O/c18-10-5-6-14-15-12(7-8-17(14)9-10)11-3-1-2-4-13(11)16-15/h1-4,14,16H,5-9H2/t14-/m1/s1. The largest absolute Gasteiger partial charge is 0.357 e. The summed E-state index contributed by atoms with van der Waals surface area (Å²) in [5.41, 5.74) is 4.07. The lowest BCUT2D eigenvalue weighted by Gasteiger charge is -2.38. The highest BCUT2D eigenvalue weighted by molar-refractivity contribution is 5.86. The number of nitrogens with one attached hydrogen (secondary N) is 1.